The van der Waals surface area contributed by atoms with Gasteiger partial charge in [0.05, 0.1) is 16.0 Å². The Morgan fingerprint density at radius 1 is 1.26 bits per heavy atom. The van der Waals surface area contributed by atoms with Gasteiger partial charge in [0, 0.05) is 6.54 Å². The van der Waals surface area contributed by atoms with Gasteiger partial charge in [-0.2, -0.15) is 0 Å². The van der Waals surface area contributed by atoms with Crippen molar-refractivity contribution in [3.05, 3.63) is 47.0 Å². The first kappa shape index (κ1) is 14.9. The van der Waals surface area contributed by atoms with Crippen LogP contribution >= 0.6 is 0 Å². The summed E-state index contributed by atoms with van der Waals surface area (Å²) in [5.74, 6) is 0.434. The number of hydrogen-bond donors (Lipinski definition) is 1. The highest BCUT2D eigenvalue weighted by Gasteiger charge is 2.25. The molecular formula is C15H16N6O2. The predicted octanol–water partition coefficient (Wildman–Crippen LogP) is 2.94. The van der Waals surface area contributed by atoms with E-state index in [1.807, 2.05) is 24.3 Å². The van der Waals surface area contributed by atoms with E-state index in [4.69, 9.17) is 0 Å². The fourth-order valence-corrected chi connectivity index (χ4v) is 2.35. The lowest BCUT2D eigenvalue weighted by molar-refractivity contribution is -0.384. The summed E-state index contributed by atoms with van der Waals surface area (Å²) in [6.45, 7) is 2.68. The Bertz CT molecular complexity index is 845. The minimum Gasteiger partial charge on any atom is -0.364 e. The molecule has 118 valence electrons. The first-order valence-corrected chi connectivity index (χ1v) is 7.38. The van der Waals surface area contributed by atoms with Crippen LogP contribution in [0.25, 0.3) is 16.9 Å². The van der Waals surface area contributed by atoms with E-state index in [-0.39, 0.29) is 17.3 Å². The van der Waals surface area contributed by atoms with Crippen molar-refractivity contribution in [3.63, 3.8) is 0 Å². The smallest absolute Gasteiger partial charge is 0.354 e. The average molecular weight is 312 g/mol. The van der Waals surface area contributed by atoms with Crippen molar-refractivity contribution in [2.45, 2.75) is 19.8 Å². The molecule has 0 aliphatic carbocycles. The number of unbranched alkanes of at least 4 members (excludes halogenated alkanes) is 1. The van der Waals surface area contributed by atoms with E-state index in [0.29, 0.717) is 6.54 Å². The van der Waals surface area contributed by atoms with Gasteiger partial charge in [0.1, 0.15) is 12.7 Å². The zero-order chi connectivity index (χ0) is 16.2. The molecule has 0 atom stereocenters. The van der Waals surface area contributed by atoms with Crippen molar-refractivity contribution in [1.82, 2.24) is 19.5 Å². The van der Waals surface area contributed by atoms with Gasteiger partial charge in [0.15, 0.2) is 0 Å². The fraction of sp³-hybridized carbons (Fsp3) is 0.267. The van der Waals surface area contributed by atoms with Gasteiger partial charge in [-0.25, -0.2) is 15.0 Å². The topological polar surface area (TPSA) is 98.8 Å². The van der Waals surface area contributed by atoms with Crippen LogP contribution in [0.1, 0.15) is 19.8 Å². The van der Waals surface area contributed by atoms with Crippen LogP contribution in [-0.4, -0.2) is 31.0 Å². The summed E-state index contributed by atoms with van der Waals surface area (Å²) in [4.78, 5) is 23.5. The first-order chi connectivity index (χ1) is 11.2. The zero-order valence-electron chi connectivity index (χ0n) is 12.6. The summed E-state index contributed by atoms with van der Waals surface area (Å²) in [5, 5.41) is 14.6. The summed E-state index contributed by atoms with van der Waals surface area (Å²) in [6, 6.07) is 7.41. The van der Waals surface area contributed by atoms with Crippen LogP contribution in [0.3, 0.4) is 0 Å². The molecule has 0 fully saturated rings. The maximum atomic E-state index is 11.6. The molecule has 2 aromatic heterocycles. The fourth-order valence-electron chi connectivity index (χ4n) is 2.35. The SMILES string of the molecule is CCCCNc1ncnc(-n2cnc3ccccc32)c1[N+](=O)[O-]. The number of hydrogen-bond acceptors (Lipinski definition) is 6. The molecule has 0 aliphatic rings. The Hall–Kier alpha value is -3.03. The molecule has 8 nitrogen and oxygen atoms in total. The maximum Gasteiger partial charge on any atom is 0.354 e. The minimum atomic E-state index is -0.460. The molecule has 0 amide bonds. The molecule has 8 heteroatoms. The van der Waals surface area contributed by atoms with Crippen molar-refractivity contribution >= 4 is 22.5 Å². The predicted molar refractivity (Wildman–Crippen MR) is 86.7 cm³/mol. The number of para-hydroxylation sites is 2. The van der Waals surface area contributed by atoms with Crippen molar-refractivity contribution < 1.29 is 4.92 Å². The van der Waals surface area contributed by atoms with Crippen LogP contribution < -0.4 is 5.32 Å². The molecule has 0 aliphatic heterocycles. The minimum absolute atomic E-state index is 0.147. The molecule has 0 saturated heterocycles. The molecule has 1 aromatic carbocycles. The van der Waals surface area contributed by atoms with Crippen LogP contribution in [0.2, 0.25) is 0 Å². The summed E-state index contributed by atoms with van der Waals surface area (Å²) in [7, 11) is 0. The Labute approximate surface area is 132 Å². The van der Waals surface area contributed by atoms with Gasteiger partial charge in [0.25, 0.3) is 0 Å². The van der Waals surface area contributed by atoms with Crippen molar-refractivity contribution in [2.24, 2.45) is 0 Å². The lowest BCUT2D eigenvalue weighted by Gasteiger charge is -2.09. The highest BCUT2D eigenvalue weighted by Crippen LogP contribution is 2.29. The second-order valence-electron chi connectivity index (χ2n) is 5.04. The van der Waals surface area contributed by atoms with Gasteiger partial charge in [-0.15, -0.1) is 0 Å². The lowest BCUT2D eigenvalue weighted by atomic mass is 10.3. The molecule has 23 heavy (non-hydrogen) atoms. The molecule has 2 heterocycles. The van der Waals surface area contributed by atoms with E-state index in [1.165, 1.54) is 12.7 Å². The number of nitrogens with one attached hydrogen (secondary N) is 1. The van der Waals surface area contributed by atoms with Gasteiger partial charge in [-0.3, -0.25) is 14.7 Å². The normalized spacial score (nSPS) is 10.8. The summed E-state index contributed by atoms with van der Waals surface area (Å²) < 4.78 is 1.61. The molecule has 1 N–H and O–H groups in total. The number of anilines is 1. The number of benzene rings is 1. The van der Waals surface area contributed by atoms with E-state index < -0.39 is 4.92 Å². The summed E-state index contributed by atoms with van der Waals surface area (Å²) >= 11 is 0. The lowest BCUT2D eigenvalue weighted by Crippen LogP contribution is -2.10. The van der Waals surface area contributed by atoms with Crippen LogP contribution in [0.15, 0.2) is 36.9 Å². The third-order valence-electron chi connectivity index (χ3n) is 3.49. The molecule has 0 spiro atoms. The van der Waals surface area contributed by atoms with E-state index in [0.717, 1.165) is 23.9 Å². The Kier molecular flexibility index (Phi) is 4.13. The van der Waals surface area contributed by atoms with Gasteiger partial charge >= 0.3 is 5.69 Å². The highest BCUT2D eigenvalue weighted by atomic mass is 16.6. The van der Waals surface area contributed by atoms with E-state index in [9.17, 15) is 10.1 Å². The molecule has 3 rings (SSSR count). The van der Waals surface area contributed by atoms with Gasteiger partial charge in [0.2, 0.25) is 11.6 Å². The highest BCUT2D eigenvalue weighted by molar-refractivity contribution is 5.78. The molecular weight excluding hydrogens is 296 g/mol. The monoisotopic (exact) mass is 312 g/mol. The largest absolute Gasteiger partial charge is 0.364 e. The number of rotatable bonds is 6. The summed E-state index contributed by atoms with van der Waals surface area (Å²) in [5.41, 5.74) is 1.36. The van der Waals surface area contributed by atoms with Crippen molar-refractivity contribution in [1.29, 1.82) is 0 Å². The number of imidazole rings is 1. The standard InChI is InChI=1S/C15H16N6O2/c1-2-3-8-16-14-13(21(22)23)15(18-9-17-14)20-10-19-11-6-4-5-7-12(11)20/h4-7,9-10H,2-3,8H2,1H3,(H,16,17,18). The van der Waals surface area contributed by atoms with Crippen LogP contribution in [-0.2, 0) is 0 Å². The Morgan fingerprint density at radius 3 is 2.87 bits per heavy atom. The van der Waals surface area contributed by atoms with Crippen LogP contribution in [0.5, 0.6) is 0 Å². The Balaban J connectivity index is 2.11. The molecule has 0 bridgehead atoms. The van der Waals surface area contributed by atoms with Gasteiger partial charge < -0.3 is 5.32 Å². The molecule has 0 radical (unpaired) electrons. The molecule has 0 saturated carbocycles. The maximum absolute atomic E-state index is 11.6. The number of aromatic nitrogens is 4. The van der Waals surface area contributed by atoms with Crippen molar-refractivity contribution in [3.8, 4) is 5.82 Å². The Morgan fingerprint density at radius 2 is 2.09 bits per heavy atom. The van der Waals surface area contributed by atoms with E-state index >= 15 is 0 Å². The second kappa shape index (κ2) is 6.39. The third-order valence-corrected chi connectivity index (χ3v) is 3.49. The van der Waals surface area contributed by atoms with E-state index in [2.05, 4.69) is 27.2 Å². The quantitative estimate of drug-likeness (QED) is 0.427. The van der Waals surface area contributed by atoms with Gasteiger partial charge in [-0.05, 0) is 18.6 Å². The third kappa shape index (κ3) is 2.83. The van der Waals surface area contributed by atoms with Crippen LogP contribution in [0, 0.1) is 10.1 Å². The van der Waals surface area contributed by atoms with Gasteiger partial charge in [-0.1, -0.05) is 25.5 Å². The molecule has 0 unspecified atom stereocenters. The first-order valence-electron chi connectivity index (χ1n) is 7.38. The van der Waals surface area contributed by atoms with Crippen LogP contribution in [0.4, 0.5) is 11.5 Å². The number of nitro groups is 1. The van der Waals surface area contributed by atoms with E-state index in [1.54, 1.807) is 4.57 Å². The van der Waals surface area contributed by atoms with Crippen molar-refractivity contribution in [2.75, 3.05) is 11.9 Å². The number of fused-ring (bicyclic) bond motifs is 1. The molecule has 3 aromatic rings. The zero-order valence-corrected chi connectivity index (χ0v) is 12.6. The average Bonchev–Trinajstić information content (AvgIpc) is 2.98. The number of nitrogens with zero attached hydrogens (tertiary/aromatic N) is 5. The summed E-state index contributed by atoms with van der Waals surface area (Å²) in [6.07, 6.45) is 4.76. The second-order valence-corrected chi connectivity index (χ2v) is 5.04.